The van der Waals surface area contributed by atoms with Crippen molar-refractivity contribution in [3.8, 4) is 5.75 Å². The van der Waals surface area contributed by atoms with Gasteiger partial charge in [0, 0.05) is 13.5 Å². The van der Waals surface area contributed by atoms with Crippen LogP contribution >= 0.6 is 0 Å². The number of nitrogens with zero attached hydrogens (tertiary/aromatic N) is 1. The summed E-state index contributed by atoms with van der Waals surface area (Å²) in [5.41, 5.74) is 6.45. The molecule has 0 saturated heterocycles. The maximum Gasteiger partial charge on any atom is 0.253 e. The number of sulfonamides is 1. The highest BCUT2D eigenvalue weighted by Crippen LogP contribution is 2.16. The lowest BCUT2D eigenvalue weighted by atomic mass is 10.2. The molecule has 2 N–H and O–H groups in total. The van der Waals surface area contributed by atoms with E-state index in [-0.39, 0.29) is 17.2 Å². The number of amides is 2. The molecule has 30 heavy (non-hydrogen) atoms. The summed E-state index contributed by atoms with van der Waals surface area (Å²) in [6, 6.07) is 13.9. The second kappa shape index (κ2) is 10.7. The Hall–Kier alpha value is -2.91. The minimum absolute atomic E-state index is 0.0982. The number of ether oxygens (including phenoxy) is 1. The molecular weight excluding hydrogens is 406 g/mol. The SMILES string of the molecule is Cc1ccc(S(=O)(=O)N(C)CC(=O)NNC(=O)CCCOc2ccccc2C)cc1. The van der Waals surface area contributed by atoms with Crippen molar-refractivity contribution >= 4 is 21.8 Å². The van der Waals surface area contributed by atoms with E-state index in [0.29, 0.717) is 13.0 Å². The van der Waals surface area contributed by atoms with E-state index in [0.717, 1.165) is 21.2 Å². The zero-order chi connectivity index (χ0) is 22.1. The second-order valence-electron chi connectivity index (χ2n) is 6.89. The lowest BCUT2D eigenvalue weighted by Crippen LogP contribution is -2.46. The first kappa shape index (κ1) is 23.4. The Morgan fingerprint density at radius 1 is 0.967 bits per heavy atom. The molecule has 0 heterocycles. The van der Waals surface area contributed by atoms with Crippen molar-refractivity contribution in [3.05, 3.63) is 59.7 Å². The third-order valence-corrected chi connectivity index (χ3v) is 6.15. The Kier molecular flexibility index (Phi) is 8.37. The van der Waals surface area contributed by atoms with Crippen molar-refractivity contribution in [1.82, 2.24) is 15.2 Å². The summed E-state index contributed by atoms with van der Waals surface area (Å²) in [4.78, 5) is 23.9. The van der Waals surface area contributed by atoms with E-state index in [4.69, 9.17) is 4.74 Å². The van der Waals surface area contributed by atoms with Gasteiger partial charge in [0.1, 0.15) is 5.75 Å². The lowest BCUT2D eigenvalue weighted by molar-refractivity contribution is -0.129. The minimum atomic E-state index is -3.79. The van der Waals surface area contributed by atoms with Crippen LogP contribution in [-0.2, 0) is 19.6 Å². The number of rotatable bonds is 9. The average molecular weight is 434 g/mol. The predicted octanol–water partition coefficient (Wildman–Crippen LogP) is 1.93. The van der Waals surface area contributed by atoms with Crippen LogP contribution in [0.2, 0.25) is 0 Å². The third-order valence-electron chi connectivity index (χ3n) is 4.34. The Bertz CT molecular complexity index is 974. The molecule has 2 aromatic carbocycles. The van der Waals surface area contributed by atoms with Gasteiger partial charge in [0.15, 0.2) is 0 Å². The fraction of sp³-hybridized carbons (Fsp3) is 0.333. The molecule has 0 atom stereocenters. The average Bonchev–Trinajstić information content (AvgIpc) is 2.71. The summed E-state index contributed by atoms with van der Waals surface area (Å²) >= 11 is 0. The van der Waals surface area contributed by atoms with E-state index in [1.165, 1.54) is 19.2 Å². The quantitative estimate of drug-likeness (QED) is 0.464. The van der Waals surface area contributed by atoms with E-state index >= 15 is 0 Å². The lowest BCUT2D eigenvalue weighted by Gasteiger charge is -2.17. The van der Waals surface area contributed by atoms with Gasteiger partial charge >= 0.3 is 0 Å². The van der Waals surface area contributed by atoms with Gasteiger partial charge in [-0.05, 0) is 44.0 Å². The molecule has 2 rings (SSSR count). The number of carbonyl (C=O) groups excluding carboxylic acids is 2. The first-order valence-electron chi connectivity index (χ1n) is 9.49. The number of hydrogen-bond donors (Lipinski definition) is 2. The number of para-hydroxylation sites is 1. The van der Waals surface area contributed by atoms with Crippen molar-refractivity contribution in [1.29, 1.82) is 0 Å². The molecule has 0 spiro atoms. The summed E-state index contributed by atoms with van der Waals surface area (Å²) in [5.74, 6) is -0.262. The minimum Gasteiger partial charge on any atom is -0.493 e. The molecule has 8 nitrogen and oxygen atoms in total. The van der Waals surface area contributed by atoms with Crippen LogP contribution in [0.1, 0.15) is 24.0 Å². The standard InChI is InChI=1S/C21H27N3O5S/c1-16-10-12-18(13-11-16)30(27,28)24(3)15-21(26)23-22-20(25)9-6-14-29-19-8-5-4-7-17(19)2/h4-5,7-8,10-13H,6,9,14-15H2,1-3H3,(H,22,25)(H,23,26). The largest absolute Gasteiger partial charge is 0.493 e. The highest BCUT2D eigenvalue weighted by Gasteiger charge is 2.22. The fourth-order valence-electron chi connectivity index (χ4n) is 2.55. The van der Waals surface area contributed by atoms with E-state index < -0.39 is 22.5 Å². The monoisotopic (exact) mass is 433 g/mol. The first-order chi connectivity index (χ1) is 14.2. The van der Waals surface area contributed by atoms with Gasteiger partial charge in [-0.25, -0.2) is 8.42 Å². The molecule has 0 bridgehead atoms. The van der Waals surface area contributed by atoms with Crippen molar-refractivity contribution in [2.24, 2.45) is 0 Å². The molecule has 0 aliphatic rings. The van der Waals surface area contributed by atoms with Gasteiger partial charge in [0.05, 0.1) is 18.0 Å². The molecule has 0 radical (unpaired) electrons. The van der Waals surface area contributed by atoms with Gasteiger partial charge in [-0.15, -0.1) is 0 Å². The molecule has 0 unspecified atom stereocenters. The van der Waals surface area contributed by atoms with Crippen LogP contribution in [0.3, 0.4) is 0 Å². The number of hydrogen-bond acceptors (Lipinski definition) is 5. The van der Waals surface area contributed by atoms with E-state index in [1.54, 1.807) is 12.1 Å². The maximum atomic E-state index is 12.5. The van der Waals surface area contributed by atoms with Crippen LogP contribution in [0.15, 0.2) is 53.4 Å². The van der Waals surface area contributed by atoms with Crippen molar-refractivity contribution in [2.45, 2.75) is 31.6 Å². The van der Waals surface area contributed by atoms with Crippen LogP contribution in [0.25, 0.3) is 0 Å². The highest BCUT2D eigenvalue weighted by atomic mass is 32.2. The van der Waals surface area contributed by atoms with E-state index in [2.05, 4.69) is 10.9 Å². The molecule has 0 aliphatic heterocycles. The molecule has 0 fully saturated rings. The summed E-state index contributed by atoms with van der Waals surface area (Å²) < 4.78 is 31.5. The molecule has 2 aromatic rings. The molecule has 162 valence electrons. The van der Waals surface area contributed by atoms with Gasteiger partial charge < -0.3 is 4.74 Å². The van der Waals surface area contributed by atoms with Gasteiger partial charge in [0.25, 0.3) is 5.91 Å². The number of likely N-dealkylation sites (N-methyl/N-ethyl adjacent to an activating group) is 1. The Morgan fingerprint density at radius 2 is 1.60 bits per heavy atom. The van der Waals surface area contributed by atoms with Crippen LogP contribution in [0.5, 0.6) is 5.75 Å². The molecular formula is C21H27N3O5S. The van der Waals surface area contributed by atoms with Gasteiger partial charge in [-0.1, -0.05) is 35.9 Å². The normalized spacial score (nSPS) is 11.2. The highest BCUT2D eigenvalue weighted by molar-refractivity contribution is 7.89. The van der Waals surface area contributed by atoms with Crippen LogP contribution in [-0.4, -0.2) is 44.7 Å². The predicted molar refractivity (Wildman–Crippen MR) is 113 cm³/mol. The molecule has 0 aliphatic carbocycles. The Morgan fingerprint density at radius 3 is 2.27 bits per heavy atom. The van der Waals surface area contributed by atoms with Crippen LogP contribution < -0.4 is 15.6 Å². The Labute approximate surface area is 177 Å². The number of carbonyl (C=O) groups is 2. The van der Waals surface area contributed by atoms with Gasteiger partial charge in [0.2, 0.25) is 15.9 Å². The van der Waals surface area contributed by atoms with Crippen LogP contribution in [0, 0.1) is 13.8 Å². The molecule has 2 amide bonds. The number of hydrazine groups is 1. The second-order valence-corrected chi connectivity index (χ2v) is 8.93. The van der Waals surface area contributed by atoms with Crippen molar-refractivity contribution in [2.75, 3.05) is 20.2 Å². The summed E-state index contributed by atoms with van der Waals surface area (Å²) in [5, 5.41) is 0. The topological polar surface area (TPSA) is 105 Å². The Balaban J connectivity index is 1.71. The maximum absolute atomic E-state index is 12.5. The van der Waals surface area contributed by atoms with Gasteiger partial charge in [-0.2, -0.15) is 4.31 Å². The van der Waals surface area contributed by atoms with Crippen LogP contribution in [0.4, 0.5) is 0 Å². The molecule has 0 saturated carbocycles. The number of benzene rings is 2. The zero-order valence-corrected chi connectivity index (χ0v) is 18.2. The summed E-state index contributed by atoms with van der Waals surface area (Å²) in [7, 11) is -2.49. The fourth-order valence-corrected chi connectivity index (χ4v) is 3.68. The molecule has 9 heteroatoms. The summed E-state index contributed by atoms with van der Waals surface area (Å²) in [6.07, 6.45) is 0.626. The first-order valence-corrected chi connectivity index (χ1v) is 10.9. The zero-order valence-electron chi connectivity index (χ0n) is 17.3. The molecule has 0 aromatic heterocycles. The number of aryl methyl sites for hydroxylation is 2. The summed E-state index contributed by atoms with van der Waals surface area (Å²) in [6.45, 7) is 3.73. The number of nitrogens with one attached hydrogen (secondary N) is 2. The van der Waals surface area contributed by atoms with E-state index in [9.17, 15) is 18.0 Å². The van der Waals surface area contributed by atoms with Gasteiger partial charge in [-0.3, -0.25) is 20.4 Å². The smallest absolute Gasteiger partial charge is 0.253 e. The van der Waals surface area contributed by atoms with Crippen molar-refractivity contribution < 1.29 is 22.7 Å². The van der Waals surface area contributed by atoms with Crippen molar-refractivity contribution in [3.63, 3.8) is 0 Å². The third kappa shape index (κ3) is 6.85. The van der Waals surface area contributed by atoms with E-state index in [1.807, 2.05) is 38.1 Å².